The van der Waals surface area contributed by atoms with Crippen LogP contribution in [0.4, 0.5) is 0 Å². The number of hydrogen-bond donors (Lipinski definition) is 1. The van der Waals surface area contributed by atoms with Gasteiger partial charge in [0.1, 0.15) is 0 Å². The molecule has 0 spiro atoms. The molecule has 0 aromatic carbocycles. The van der Waals surface area contributed by atoms with Crippen molar-refractivity contribution in [2.24, 2.45) is 0 Å². The van der Waals surface area contributed by atoms with E-state index in [4.69, 9.17) is 0 Å². The molecule has 2 heteroatoms. The van der Waals surface area contributed by atoms with Gasteiger partial charge in [0.15, 0.2) is 0 Å². The van der Waals surface area contributed by atoms with Gasteiger partial charge >= 0.3 is 0 Å². The largest absolute Gasteiger partial charge is 0.253 e. The Bertz CT molecular complexity index is 75.6. The average Bonchev–Trinajstić information content (AvgIpc) is 1.87. The minimum atomic E-state index is 0.681. The highest BCUT2D eigenvalue weighted by Gasteiger charge is 2.05. The standard InChI is InChI=1S/C9H22N2/c1-5-7-9(8-6-2)10-11(3)4/h9-10H,5-8H2,1-4H3. The summed E-state index contributed by atoms with van der Waals surface area (Å²) in [6, 6.07) is 0.681. The van der Waals surface area contributed by atoms with Crippen molar-refractivity contribution in [2.45, 2.75) is 45.6 Å². The van der Waals surface area contributed by atoms with Crippen LogP contribution < -0.4 is 5.43 Å². The van der Waals surface area contributed by atoms with Gasteiger partial charge in [0.25, 0.3) is 0 Å². The maximum absolute atomic E-state index is 3.42. The third kappa shape index (κ3) is 6.32. The topological polar surface area (TPSA) is 15.3 Å². The molecule has 68 valence electrons. The molecule has 0 aliphatic heterocycles. The summed E-state index contributed by atoms with van der Waals surface area (Å²) in [7, 11) is 4.11. The first-order valence-electron chi connectivity index (χ1n) is 4.64. The number of nitrogens with zero attached hydrogens (tertiary/aromatic N) is 1. The van der Waals surface area contributed by atoms with Gasteiger partial charge in [0.2, 0.25) is 0 Å². The summed E-state index contributed by atoms with van der Waals surface area (Å²) >= 11 is 0. The van der Waals surface area contributed by atoms with Crippen LogP contribution in [0.1, 0.15) is 39.5 Å². The monoisotopic (exact) mass is 158 g/mol. The molecule has 11 heavy (non-hydrogen) atoms. The number of hydrogen-bond acceptors (Lipinski definition) is 2. The van der Waals surface area contributed by atoms with E-state index in [0.29, 0.717) is 6.04 Å². The lowest BCUT2D eigenvalue weighted by Gasteiger charge is -2.21. The van der Waals surface area contributed by atoms with E-state index in [9.17, 15) is 0 Å². The second kappa shape index (κ2) is 6.62. The van der Waals surface area contributed by atoms with Crippen LogP contribution in [0.25, 0.3) is 0 Å². The summed E-state index contributed by atoms with van der Waals surface area (Å²) in [6.07, 6.45) is 5.11. The molecular weight excluding hydrogens is 136 g/mol. The van der Waals surface area contributed by atoms with Crippen molar-refractivity contribution in [3.63, 3.8) is 0 Å². The zero-order valence-electron chi connectivity index (χ0n) is 8.35. The van der Waals surface area contributed by atoms with E-state index in [0.717, 1.165) is 0 Å². The molecule has 0 saturated heterocycles. The van der Waals surface area contributed by atoms with Crippen molar-refractivity contribution >= 4 is 0 Å². The predicted molar refractivity (Wildman–Crippen MR) is 50.4 cm³/mol. The first-order chi connectivity index (χ1) is 5.20. The summed E-state index contributed by atoms with van der Waals surface area (Å²) in [5.41, 5.74) is 3.42. The highest BCUT2D eigenvalue weighted by atomic mass is 15.5. The Morgan fingerprint density at radius 1 is 1.09 bits per heavy atom. The second-order valence-electron chi connectivity index (χ2n) is 3.30. The molecule has 0 radical (unpaired) electrons. The molecule has 0 rings (SSSR count). The third-order valence-electron chi connectivity index (χ3n) is 1.72. The predicted octanol–water partition coefficient (Wildman–Crippen LogP) is 2.02. The van der Waals surface area contributed by atoms with E-state index in [1.54, 1.807) is 0 Å². The number of nitrogens with one attached hydrogen (secondary N) is 1. The smallest absolute Gasteiger partial charge is 0.0214 e. The maximum atomic E-state index is 3.42. The van der Waals surface area contributed by atoms with E-state index in [2.05, 4.69) is 38.4 Å². The zero-order chi connectivity index (χ0) is 8.69. The Morgan fingerprint density at radius 3 is 1.82 bits per heavy atom. The van der Waals surface area contributed by atoms with Crippen LogP contribution in [-0.2, 0) is 0 Å². The van der Waals surface area contributed by atoms with Gasteiger partial charge in [-0.2, -0.15) is 0 Å². The SMILES string of the molecule is CCCC(CCC)NN(C)C. The Balaban J connectivity index is 3.50. The van der Waals surface area contributed by atoms with E-state index >= 15 is 0 Å². The van der Waals surface area contributed by atoms with Crippen LogP contribution in [0.5, 0.6) is 0 Å². The van der Waals surface area contributed by atoms with Gasteiger partial charge in [-0.05, 0) is 12.8 Å². The summed E-state index contributed by atoms with van der Waals surface area (Å²) < 4.78 is 0. The molecule has 0 heterocycles. The molecule has 0 aliphatic carbocycles. The normalized spacial score (nSPS) is 11.5. The molecule has 0 unspecified atom stereocenters. The third-order valence-corrected chi connectivity index (χ3v) is 1.72. The fourth-order valence-corrected chi connectivity index (χ4v) is 1.34. The molecule has 0 bridgehead atoms. The Morgan fingerprint density at radius 2 is 1.55 bits per heavy atom. The zero-order valence-corrected chi connectivity index (χ0v) is 8.35. The van der Waals surface area contributed by atoms with Crippen molar-refractivity contribution in [3.8, 4) is 0 Å². The van der Waals surface area contributed by atoms with Crippen molar-refractivity contribution in [1.82, 2.24) is 10.4 Å². The van der Waals surface area contributed by atoms with E-state index in [1.807, 2.05) is 0 Å². The van der Waals surface area contributed by atoms with Crippen LogP contribution in [-0.4, -0.2) is 25.1 Å². The summed E-state index contributed by atoms with van der Waals surface area (Å²) in [4.78, 5) is 0. The maximum Gasteiger partial charge on any atom is 0.0214 e. The van der Waals surface area contributed by atoms with Gasteiger partial charge < -0.3 is 0 Å². The van der Waals surface area contributed by atoms with Crippen LogP contribution in [0.3, 0.4) is 0 Å². The number of rotatable bonds is 6. The van der Waals surface area contributed by atoms with Gasteiger partial charge in [-0.25, -0.2) is 0 Å². The van der Waals surface area contributed by atoms with Gasteiger partial charge in [0, 0.05) is 20.1 Å². The Hall–Kier alpha value is -0.0800. The first kappa shape index (κ1) is 10.9. The fraction of sp³-hybridized carbons (Fsp3) is 1.00. The van der Waals surface area contributed by atoms with Gasteiger partial charge in [-0.3, -0.25) is 10.4 Å². The fourth-order valence-electron chi connectivity index (χ4n) is 1.34. The van der Waals surface area contributed by atoms with E-state index < -0.39 is 0 Å². The summed E-state index contributed by atoms with van der Waals surface area (Å²) in [5, 5.41) is 2.05. The Kier molecular flexibility index (Phi) is 6.57. The lowest BCUT2D eigenvalue weighted by molar-refractivity contribution is 0.224. The molecule has 0 atom stereocenters. The second-order valence-corrected chi connectivity index (χ2v) is 3.30. The van der Waals surface area contributed by atoms with Crippen LogP contribution in [0, 0.1) is 0 Å². The molecular formula is C9H22N2. The minimum Gasteiger partial charge on any atom is -0.253 e. The molecule has 0 amide bonds. The van der Waals surface area contributed by atoms with Gasteiger partial charge in [0.05, 0.1) is 0 Å². The molecule has 0 fully saturated rings. The van der Waals surface area contributed by atoms with Crippen LogP contribution in [0.2, 0.25) is 0 Å². The van der Waals surface area contributed by atoms with E-state index in [1.165, 1.54) is 25.7 Å². The molecule has 0 saturated carbocycles. The lowest BCUT2D eigenvalue weighted by atomic mass is 10.1. The molecule has 2 nitrogen and oxygen atoms in total. The van der Waals surface area contributed by atoms with Crippen molar-refractivity contribution in [1.29, 1.82) is 0 Å². The van der Waals surface area contributed by atoms with Crippen LogP contribution in [0.15, 0.2) is 0 Å². The quantitative estimate of drug-likeness (QED) is 0.595. The highest BCUT2D eigenvalue weighted by molar-refractivity contribution is 4.62. The highest BCUT2D eigenvalue weighted by Crippen LogP contribution is 2.03. The Labute approximate surface area is 70.9 Å². The first-order valence-corrected chi connectivity index (χ1v) is 4.64. The van der Waals surface area contributed by atoms with Crippen molar-refractivity contribution < 1.29 is 0 Å². The van der Waals surface area contributed by atoms with Crippen molar-refractivity contribution in [3.05, 3.63) is 0 Å². The average molecular weight is 158 g/mol. The number of hydrazine groups is 1. The molecule has 0 aliphatic rings. The van der Waals surface area contributed by atoms with Crippen molar-refractivity contribution in [2.75, 3.05) is 14.1 Å². The molecule has 1 N–H and O–H groups in total. The molecule has 0 aromatic heterocycles. The minimum absolute atomic E-state index is 0.681. The van der Waals surface area contributed by atoms with Crippen LogP contribution >= 0.6 is 0 Å². The van der Waals surface area contributed by atoms with Gasteiger partial charge in [-0.1, -0.05) is 26.7 Å². The van der Waals surface area contributed by atoms with E-state index in [-0.39, 0.29) is 0 Å². The summed E-state index contributed by atoms with van der Waals surface area (Å²) in [6.45, 7) is 4.47. The lowest BCUT2D eigenvalue weighted by Crippen LogP contribution is -2.39. The van der Waals surface area contributed by atoms with Gasteiger partial charge in [-0.15, -0.1) is 0 Å². The summed E-state index contributed by atoms with van der Waals surface area (Å²) in [5.74, 6) is 0. The molecule has 0 aromatic rings.